The highest BCUT2D eigenvalue weighted by molar-refractivity contribution is 8.24. The van der Waals surface area contributed by atoms with Crippen molar-refractivity contribution >= 4 is 28.3 Å². The Bertz CT molecular complexity index is 134. The summed E-state index contributed by atoms with van der Waals surface area (Å²) in [5.74, 6) is 0. The Kier molecular flexibility index (Phi) is 6.64. The third kappa shape index (κ3) is 5.85. The van der Waals surface area contributed by atoms with Gasteiger partial charge in [0.05, 0.1) is 0 Å². The summed E-state index contributed by atoms with van der Waals surface area (Å²) >= 11 is 6.44. The quantitative estimate of drug-likeness (QED) is 0.645. The summed E-state index contributed by atoms with van der Waals surface area (Å²) in [7, 11) is 0. The molecule has 0 saturated heterocycles. The van der Waals surface area contributed by atoms with Gasteiger partial charge in [-0.05, 0) is 25.5 Å². The topological polar surface area (TPSA) is 12.0 Å². The molecule has 0 amide bonds. The summed E-state index contributed by atoms with van der Waals surface area (Å²) in [6, 6.07) is 0. The van der Waals surface area contributed by atoms with Crippen molar-refractivity contribution in [3.63, 3.8) is 0 Å². The first-order chi connectivity index (χ1) is 4.81. The first-order valence-electron chi connectivity index (χ1n) is 3.00. The Morgan fingerprint density at radius 1 is 1.40 bits per heavy atom. The molecule has 0 heterocycles. The van der Waals surface area contributed by atoms with Crippen molar-refractivity contribution in [2.75, 3.05) is 0 Å². The zero-order chi connectivity index (χ0) is 7.82. The number of thioether (sulfide) groups is 1. The molecule has 1 nitrogen and oxygen atoms in total. The maximum absolute atomic E-state index is 4.93. The van der Waals surface area contributed by atoms with Gasteiger partial charge in [-0.1, -0.05) is 36.1 Å². The summed E-state index contributed by atoms with van der Waals surface area (Å²) in [4.78, 5) is 0. The summed E-state index contributed by atoms with van der Waals surface area (Å²) in [5.41, 5.74) is 0. The van der Waals surface area contributed by atoms with Gasteiger partial charge >= 0.3 is 0 Å². The zero-order valence-corrected chi connectivity index (χ0v) is 7.76. The van der Waals surface area contributed by atoms with Crippen LogP contribution >= 0.6 is 24.0 Å². The van der Waals surface area contributed by atoms with Crippen LogP contribution in [0, 0.1) is 0 Å². The molecule has 56 valence electrons. The minimum absolute atomic E-state index is 0.774. The molecule has 1 N–H and O–H groups in total. The predicted molar refractivity (Wildman–Crippen MR) is 53.0 cm³/mol. The standard InChI is InChI=1S/C7H11NS2/c1-3-5-8-7(9)10-6-4-2/h3-6H,1-2H3,(H,8,9). The van der Waals surface area contributed by atoms with Crippen LogP contribution in [0.2, 0.25) is 0 Å². The zero-order valence-electron chi connectivity index (χ0n) is 6.13. The van der Waals surface area contributed by atoms with Crippen molar-refractivity contribution in [3.8, 4) is 0 Å². The third-order valence-electron chi connectivity index (χ3n) is 0.679. The maximum atomic E-state index is 4.93. The van der Waals surface area contributed by atoms with Gasteiger partial charge in [0.2, 0.25) is 0 Å². The van der Waals surface area contributed by atoms with E-state index < -0.39 is 0 Å². The molecular weight excluding hydrogens is 162 g/mol. The van der Waals surface area contributed by atoms with Crippen LogP contribution in [0.3, 0.4) is 0 Å². The molecule has 0 aliphatic rings. The maximum Gasteiger partial charge on any atom is 0.141 e. The van der Waals surface area contributed by atoms with Crippen molar-refractivity contribution in [3.05, 3.63) is 23.8 Å². The second-order valence-electron chi connectivity index (χ2n) is 1.52. The van der Waals surface area contributed by atoms with Crippen LogP contribution < -0.4 is 5.32 Å². The number of hydrogen-bond acceptors (Lipinski definition) is 2. The van der Waals surface area contributed by atoms with Gasteiger partial charge in [0, 0.05) is 0 Å². The van der Waals surface area contributed by atoms with Crippen LogP contribution in [0.1, 0.15) is 13.8 Å². The smallest absolute Gasteiger partial charge is 0.141 e. The van der Waals surface area contributed by atoms with Gasteiger partial charge in [0.25, 0.3) is 0 Å². The van der Waals surface area contributed by atoms with Crippen molar-refractivity contribution in [2.45, 2.75) is 13.8 Å². The largest absolute Gasteiger partial charge is 0.348 e. The highest BCUT2D eigenvalue weighted by Crippen LogP contribution is 2.02. The first kappa shape index (κ1) is 9.72. The Labute approximate surface area is 71.6 Å². The van der Waals surface area contributed by atoms with E-state index in [4.69, 9.17) is 12.2 Å². The molecule has 3 heteroatoms. The molecule has 0 aromatic rings. The molecule has 10 heavy (non-hydrogen) atoms. The fourth-order valence-corrected chi connectivity index (χ4v) is 0.946. The normalized spacial score (nSPS) is 11.0. The Morgan fingerprint density at radius 2 is 2.10 bits per heavy atom. The molecule has 0 rings (SSSR count). The highest BCUT2D eigenvalue weighted by atomic mass is 32.2. The molecule has 0 aromatic carbocycles. The van der Waals surface area contributed by atoms with E-state index >= 15 is 0 Å². The molecule has 0 unspecified atom stereocenters. The van der Waals surface area contributed by atoms with Gasteiger partial charge in [-0.25, -0.2) is 0 Å². The van der Waals surface area contributed by atoms with Crippen LogP contribution in [0.25, 0.3) is 0 Å². The van der Waals surface area contributed by atoms with E-state index in [1.807, 2.05) is 37.6 Å². The molecule has 0 fully saturated rings. The highest BCUT2D eigenvalue weighted by Gasteiger charge is 1.85. The molecule has 0 saturated carbocycles. The summed E-state index contributed by atoms with van der Waals surface area (Å²) < 4.78 is 0.774. The second kappa shape index (κ2) is 6.83. The molecular formula is C7H11NS2. The SMILES string of the molecule is CC=CNC(=S)SC=CC. The van der Waals surface area contributed by atoms with E-state index in [0.29, 0.717) is 0 Å². The fraction of sp³-hybridized carbons (Fsp3) is 0.286. The second-order valence-corrected chi connectivity index (χ2v) is 3.10. The Balaban J connectivity index is 3.44. The minimum atomic E-state index is 0.774. The van der Waals surface area contributed by atoms with Gasteiger partial charge in [0.15, 0.2) is 0 Å². The number of nitrogens with one attached hydrogen (secondary N) is 1. The van der Waals surface area contributed by atoms with Crippen LogP contribution in [-0.4, -0.2) is 4.32 Å². The minimum Gasteiger partial charge on any atom is -0.348 e. The lowest BCUT2D eigenvalue weighted by molar-refractivity contribution is 1.33. The number of rotatable bonds is 2. The van der Waals surface area contributed by atoms with Crippen LogP contribution in [-0.2, 0) is 0 Å². The summed E-state index contributed by atoms with van der Waals surface area (Å²) in [5, 5.41) is 4.87. The molecule has 0 spiro atoms. The monoisotopic (exact) mass is 173 g/mol. The number of hydrogen-bond donors (Lipinski definition) is 1. The Morgan fingerprint density at radius 3 is 2.60 bits per heavy atom. The van der Waals surface area contributed by atoms with E-state index in [9.17, 15) is 0 Å². The van der Waals surface area contributed by atoms with Crippen molar-refractivity contribution < 1.29 is 0 Å². The van der Waals surface area contributed by atoms with Crippen molar-refractivity contribution in [1.29, 1.82) is 0 Å². The third-order valence-corrected chi connectivity index (χ3v) is 1.83. The molecule has 0 aromatic heterocycles. The lowest BCUT2D eigenvalue weighted by Crippen LogP contribution is -2.08. The molecule has 0 aliphatic carbocycles. The number of allylic oxidation sites excluding steroid dienone is 2. The van der Waals surface area contributed by atoms with Crippen LogP contribution in [0.5, 0.6) is 0 Å². The van der Waals surface area contributed by atoms with E-state index in [1.165, 1.54) is 11.8 Å². The van der Waals surface area contributed by atoms with Gasteiger partial charge in [-0.3, -0.25) is 0 Å². The van der Waals surface area contributed by atoms with E-state index in [-0.39, 0.29) is 0 Å². The van der Waals surface area contributed by atoms with E-state index in [0.717, 1.165) is 4.32 Å². The summed E-state index contributed by atoms with van der Waals surface area (Å²) in [6.45, 7) is 3.90. The molecule has 0 radical (unpaired) electrons. The van der Waals surface area contributed by atoms with Crippen LogP contribution in [0.15, 0.2) is 23.8 Å². The van der Waals surface area contributed by atoms with Gasteiger partial charge < -0.3 is 5.32 Å². The molecule has 0 atom stereocenters. The van der Waals surface area contributed by atoms with Crippen molar-refractivity contribution in [2.24, 2.45) is 0 Å². The van der Waals surface area contributed by atoms with E-state index in [1.54, 1.807) is 0 Å². The fourth-order valence-electron chi connectivity index (χ4n) is 0.315. The first-order valence-corrected chi connectivity index (χ1v) is 4.29. The molecule has 0 bridgehead atoms. The van der Waals surface area contributed by atoms with Crippen molar-refractivity contribution in [1.82, 2.24) is 5.32 Å². The number of thiocarbonyl (C=S) groups is 1. The Hall–Kier alpha value is -0.280. The average molecular weight is 173 g/mol. The van der Waals surface area contributed by atoms with Gasteiger partial charge in [-0.15, -0.1) is 0 Å². The lowest BCUT2D eigenvalue weighted by atomic mass is 10.7. The predicted octanol–water partition coefficient (Wildman–Crippen LogP) is 2.66. The lowest BCUT2D eigenvalue weighted by Gasteiger charge is -1.95. The van der Waals surface area contributed by atoms with Gasteiger partial charge in [0.1, 0.15) is 4.32 Å². The van der Waals surface area contributed by atoms with E-state index in [2.05, 4.69) is 5.32 Å². The molecule has 0 aliphatic heterocycles. The van der Waals surface area contributed by atoms with Crippen LogP contribution in [0.4, 0.5) is 0 Å². The van der Waals surface area contributed by atoms with Gasteiger partial charge in [-0.2, -0.15) is 0 Å². The average Bonchev–Trinajstić information content (AvgIpc) is 1.97. The summed E-state index contributed by atoms with van der Waals surface area (Å²) in [6.07, 6.45) is 5.68.